The van der Waals surface area contributed by atoms with Crippen molar-refractivity contribution in [1.29, 1.82) is 0 Å². The van der Waals surface area contributed by atoms with Gasteiger partial charge in [-0.2, -0.15) is 4.80 Å². The van der Waals surface area contributed by atoms with Crippen LogP contribution in [-0.4, -0.2) is 44.2 Å². The highest BCUT2D eigenvalue weighted by atomic mass is 16.5. The number of carbonyl (C=O) groups excluding carboxylic acids is 1. The number of ether oxygens (including phenoxy) is 1. The molecule has 0 amide bonds. The summed E-state index contributed by atoms with van der Waals surface area (Å²) in [6.07, 6.45) is 0. The molecule has 126 valence electrons. The lowest BCUT2D eigenvalue weighted by Crippen LogP contribution is -2.10. The molecule has 0 aliphatic rings. The first-order valence-electron chi connectivity index (χ1n) is 7.30. The average molecular weight is 338 g/mol. The molecule has 0 bridgehead atoms. The van der Waals surface area contributed by atoms with E-state index in [9.17, 15) is 14.7 Å². The van der Waals surface area contributed by atoms with Crippen molar-refractivity contribution in [3.8, 4) is 17.1 Å². The summed E-state index contributed by atoms with van der Waals surface area (Å²) in [7, 11) is 3.09. The lowest BCUT2D eigenvalue weighted by atomic mass is 9.97. The predicted molar refractivity (Wildman–Crippen MR) is 87.6 cm³/mol. The molecule has 0 unspecified atom stereocenters. The van der Waals surface area contributed by atoms with Crippen molar-refractivity contribution in [1.82, 2.24) is 20.2 Å². The van der Waals surface area contributed by atoms with E-state index >= 15 is 0 Å². The van der Waals surface area contributed by atoms with E-state index < -0.39 is 11.8 Å². The second-order valence-electron chi connectivity index (χ2n) is 5.23. The van der Waals surface area contributed by atoms with Gasteiger partial charge in [-0.15, -0.1) is 10.2 Å². The number of hydrogen-bond donors (Lipinski definition) is 1. The molecule has 3 aromatic rings. The average Bonchev–Trinajstić information content (AvgIpc) is 3.07. The number of aryl methyl sites for hydroxylation is 1. The number of tetrazole rings is 1. The van der Waals surface area contributed by atoms with E-state index in [0.717, 1.165) is 0 Å². The first kappa shape index (κ1) is 16.3. The molecule has 0 saturated heterocycles. The zero-order chi connectivity index (χ0) is 18.0. The number of aromatic carboxylic acids is 1. The predicted octanol–water partition coefficient (Wildman–Crippen LogP) is 1.81. The summed E-state index contributed by atoms with van der Waals surface area (Å²) in [5.74, 6) is -0.767. The lowest BCUT2D eigenvalue weighted by Gasteiger charge is -2.08. The molecule has 2 aromatic carbocycles. The number of benzene rings is 2. The molecule has 8 heteroatoms. The number of nitrogens with zero attached hydrogens (tertiary/aromatic N) is 4. The van der Waals surface area contributed by atoms with Crippen molar-refractivity contribution in [3.63, 3.8) is 0 Å². The van der Waals surface area contributed by atoms with Crippen LogP contribution in [0.4, 0.5) is 0 Å². The second kappa shape index (κ2) is 6.52. The van der Waals surface area contributed by atoms with Gasteiger partial charge in [0.1, 0.15) is 5.75 Å². The summed E-state index contributed by atoms with van der Waals surface area (Å²) in [5, 5.41) is 21.1. The number of aromatic nitrogens is 4. The second-order valence-corrected chi connectivity index (χ2v) is 5.23. The van der Waals surface area contributed by atoms with Crippen LogP contribution in [-0.2, 0) is 7.05 Å². The van der Waals surface area contributed by atoms with Crippen LogP contribution in [0.25, 0.3) is 11.4 Å². The van der Waals surface area contributed by atoms with E-state index in [1.807, 2.05) is 0 Å². The molecule has 0 aliphatic heterocycles. The fourth-order valence-electron chi connectivity index (χ4n) is 2.35. The molecule has 8 nitrogen and oxygen atoms in total. The minimum absolute atomic E-state index is 0.0960. The molecular formula is C17H14N4O4. The summed E-state index contributed by atoms with van der Waals surface area (Å²) >= 11 is 0. The normalized spacial score (nSPS) is 10.5. The van der Waals surface area contributed by atoms with Gasteiger partial charge in [0.25, 0.3) is 0 Å². The zero-order valence-electron chi connectivity index (χ0n) is 13.5. The van der Waals surface area contributed by atoms with Crippen LogP contribution in [0.2, 0.25) is 0 Å². The smallest absolute Gasteiger partial charge is 0.336 e. The molecule has 3 rings (SSSR count). The highest BCUT2D eigenvalue weighted by molar-refractivity contribution is 6.14. The summed E-state index contributed by atoms with van der Waals surface area (Å²) in [6.45, 7) is 0. The Balaban J connectivity index is 1.94. The maximum Gasteiger partial charge on any atom is 0.336 e. The quantitative estimate of drug-likeness (QED) is 0.707. The van der Waals surface area contributed by atoms with Gasteiger partial charge in [0.05, 0.1) is 19.7 Å². The summed E-state index contributed by atoms with van der Waals surface area (Å²) in [6, 6.07) is 10.9. The van der Waals surface area contributed by atoms with Gasteiger partial charge in [0, 0.05) is 16.7 Å². The Morgan fingerprint density at radius 3 is 2.36 bits per heavy atom. The molecule has 25 heavy (non-hydrogen) atoms. The number of carboxylic acid groups (broad SMARTS) is 1. The molecule has 1 N–H and O–H groups in total. The molecular weight excluding hydrogens is 324 g/mol. The van der Waals surface area contributed by atoms with Gasteiger partial charge in [-0.3, -0.25) is 4.79 Å². The van der Waals surface area contributed by atoms with E-state index in [4.69, 9.17) is 4.74 Å². The Bertz CT molecular complexity index is 948. The zero-order valence-corrected chi connectivity index (χ0v) is 13.5. The van der Waals surface area contributed by atoms with Crippen LogP contribution in [0.3, 0.4) is 0 Å². The van der Waals surface area contributed by atoms with E-state index in [1.165, 1.54) is 24.0 Å². The van der Waals surface area contributed by atoms with Gasteiger partial charge in [0.15, 0.2) is 5.78 Å². The molecule has 0 atom stereocenters. The van der Waals surface area contributed by atoms with Crippen molar-refractivity contribution in [2.24, 2.45) is 7.05 Å². The maximum absolute atomic E-state index is 12.7. The Morgan fingerprint density at radius 1 is 1.08 bits per heavy atom. The lowest BCUT2D eigenvalue weighted by molar-refractivity contribution is 0.0692. The molecule has 1 aromatic heterocycles. The maximum atomic E-state index is 12.7. The van der Waals surface area contributed by atoms with Gasteiger partial charge in [-0.05, 0) is 23.4 Å². The third-order valence-electron chi connectivity index (χ3n) is 3.62. The summed E-state index contributed by atoms with van der Waals surface area (Å²) in [5.41, 5.74) is 1.06. The first-order valence-corrected chi connectivity index (χ1v) is 7.30. The Morgan fingerprint density at radius 2 is 1.80 bits per heavy atom. The highest BCUT2D eigenvalue weighted by Crippen LogP contribution is 2.22. The van der Waals surface area contributed by atoms with Gasteiger partial charge >= 0.3 is 5.97 Å². The van der Waals surface area contributed by atoms with Crippen molar-refractivity contribution >= 4 is 11.8 Å². The Kier molecular flexibility index (Phi) is 4.25. The number of methoxy groups -OCH3 is 1. The monoisotopic (exact) mass is 338 g/mol. The van der Waals surface area contributed by atoms with Crippen LogP contribution < -0.4 is 4.74 Å². The summed E-state index contributed by atoms with van der Waals surface area (Å²) < 4.78 is 5.02. The van der Waals surface area contributed by atoms with Crippen LogP contribution in [0, 0.1) is 0 Å². The van der Waals surface area contributed by atoms with Crippen molar-refractivity contribution in [3.05, 3.63) is 59.2 Å². The number of ketones is 1. The molecule has 0 radical (unpaired) electrons. The van der Waals surface area contributed by atoms with Crippen LogP contribution in [0.15, 0.2) is 42.5 Å². The van der Waals surface area contributed by atoms with Crippen molar-refractivity contribution in [2.75, 3.05) is 7.11 Å². The standard InChI is InChI=1S/C17H14N4O4/c1-21-19-16(18-20-21)11-5-3-10(4-6-11)15(22)13-8-7-12(25-2)9-14(13)17(23)24/h3-9H,1-2H3,(H,23,24). The number of rotatable bonds is 5. The topological polar surface area (TPSA) is 107 Å². The van der Waals surface area contributed by atoms with Crippen molar-refractivity contribution in [2.45, 2.75) is 0 Å². The fraction of sp³-hybridized carbons (Fsp3) is 0.118. The molecule has 1 heterocycles. The minimum atomic E-state index is -1.19. The SMILES string of the molecule is COc1ccc(C(=O)c2ccc(-c3nnn(C)n3)cc2)c(C(=O)O)c1. The molecule has 0 fully saturated rings. The molecule has 0 saturated carbocycles. The third kappa shape index (κ3) is 3.23. The van der Waals surface area contributed by atoms with Crippen molar-refractivity contribution < 1.29 is 19.4 Å². The third-order valence-corrected chi connectivity index (χ3v) is 3.62. The van der Waals surface area contributed by atoms with Gasteiger partial charge in [0.2, 0.25) is 5.82 Å². The van der Waals surface area contributed by atoms with Gasteiger partial charge < -0.3 is 9.84 Å². The van der Waals surface area contributed by atoms with Crippen LogP contribution in [0.5, 0.6) is 5.75 Å². The first-order chi connectivity index (χ1) is 12.0. The highest BCUT2D eigenvalue weighted by Gasteiger charge is 2.19. The van der Waals surface area contributed by atoms with E-state index in [-0.39, 0.29) is 11.1 Å². The molecule has 0 aliphatic carbocycles. The number of carbonyl (C=O) groups is 2. The largest absolute Gasteiger partial charge is 0.497 e. The molecule has 0 spiro atoms. The van der Waals surface area contributed by atoms with Gasteiger partial charge in [-0.25, -0.2) is 4.79 Å². The number of hydrogen-bond acceptors (Lipinski definition) is 6. The minimum Gasteiger partial charge on any atom is -0.497 e. The van der Waals surface area contributed by atoms with E-state index in [1.54, 1.807) is 37.4 Å². The van der Waals surface area contributed by atoms with Crippen LogP contribution in [0.1, 0.15) is 26.3 Å². The number of carboxylic acids is 1. The van der Waals surface area contributed by atoms with Gasteiger partial charge in [-0.1, -0.05) is 24.3 Å². The summed E-state index contributed by atoms with van der Waals surface area (Å²) in [4.78, 5) is 25.4. The van der Waals surface area contributed by atoms with Crippen LogP contribution >= 0.6 is 0 Å². The van der Waals surface area contributed by atoms with E-state index in [2.05, 4.69) is 15.4 Å². The Labute approximate surface area is 142 Å². The fourth-order valence-corrected chi connectivity index (χ4v) is 2.35. The van der Waals surface area contributed by atoms with E-state index in [0.29, 0.717) is 22.7 Å². The Hall–Kier alpha value is -3.55.